The van der Waals surface area contributed by atoms with Crippen LogP contribution in [0, 0.1) is 11.3 Å². The summed E-state index contributed by atoms with van der Waals surface area (Å²) in [6.45, 7) is 0. The summed E-state index contributed by atoms with van der Waals surface area (Å²) in [5.41, 5.74) is 5.19. The van der Waals surface area contributed by atoms with E-state index < -0.39 is 15.8 Å². The first-order valence-electron chi connectivity index (χ1n) is 2.97. The van der Waals surface area contributed by atoms with E-state index in [-0.39, 0.29) is 5.82 Å². The zero-order valence-electron chi connectivity index (χ0n) is 6.01. The van der Waals surface area contributed by atoms with Crippen LogP contribution < -0.4 is 5.73 Å². The molecule has 0 saturated carbocycles. The van der Waals surface area contributed by atoms with Gasteiger partial charge >= 0.3 is 0 Å². The van der Waals surface area contributed by atoms with E-state index in [1.165, 1.54) is 18.3 Å². The lowest BCUT2D eigenvalue weighted by atomic mass is 10.7. The second-order valence-electron chi connectivity index (χ2n) is 2.03. The first-order valence-corrected chi connectivity index (χ1v) is 4.58. The number of hydrogen-bond donors (Lipinski definition) is 1. The summed E-state index contributed by atoms with van der Waals surface area (Å²) in [5, 5.41) is 11.6. The van der Waals surface area contributed by atoms with E-state index in [2.05, 4.69) is 5.10 Å². The third kappa shape index (κ3) is 1.54. The average molecular weight is 186 g/mol. The van der Waals surface area contributed by atoms with Gasteiger partial charge in [-0.1, -0.05) is 0 Å². The van der Waals surface area contributed by atoms with E-state index in [0.717, 1.165) is 0 Å². The standard InChI is InChI=1S/C5H6N4O2S/c6-2-4-12(10,11)9-3-1-5(7)8-9/h1,3H,4H2,(H2,7,8). The Morgan fingerprint density at radius 2 is 2.42 bits per heavy atom. The van der Waals surface area contributed by atoms with Crippen molar-refractivity contribution in [2.24, 2.45) is 0 Å². The smallest absolute Gasteiger partial charge is 0.267 e. The molecule has 12 heavy (non-hydrogen) atoms. The predicted molar refractivity (Wildman–Crippen MR) is 41.4 cm³/mol. The molecule has 2 N–H and O–H groups in total. The molecule has 1 aromatic rings. The molecule has 0 aromatic carbocycles. The lowest BCUT2D eigenvalue weighted by Crippen LogP contribution is -2.16. The molecular formula is C5H6N4O2S. The van der Waals surface area contributed by atoms with E-state index >= 15 is 0 Å². The van der Waals surface area contributed by atoms with Crippen LogP contribution in [-0.2, 0) is 10.0 Å². The Morgan fingerprint density at radius 1 is 1.75 bits per heavy atom. The number of nitrogens with zero attached hydrogens (tertiary/aromatic N) is 3. The van der Waals surface area contributed by atoms with Gasteiger partial charge in [-0.15, -0.1) is 5.10 Å². The molecule has 0 aliphatic rings. The molecule has 1 rings (SSSR count). The number of rotatable bonds is 2. The van der Waals surface area contributed by atoms with Crippen LogP contribution in [-0.4, -0.2) is 23.4 Å². The molecule has 7 heteroatoms. The topological polar surface area (TPSA) is 102 Å². The largest absolute Gasteiger partial charge is 0.382 e. The zero-order valence-corrected chi connectivity index (χ0v) is 6.82. The van der Waals surface area contributed by atoms with Gasteiger partial charge in [-0.05, 0) is 0 Å². The lowest BCUT2D eigenvalue weighted by molar-refractivity contribution is 0.584. The second-order valence-corrected chi connectivity index (χ2v) is 3.85. The van der Waals surface area contributed by atoms with Crippen LogP contribution in [0.15, 0.2) is 12.3 Å². The van der Waals surface area contributed by atoms with Gasteiger partial charge in [0, 0.05) is 12.3 Å². The highest BCUT2D eigenvalue weighted by Gasteiger charge is 2.12. The molecule has 64 valence electrons. The fourth-order valence-electron chi connectivity index (χ4n) is 0.623. The van der Waals surface area contributed by atoms with Crippen molar-refractivity contribution in [1.82, 2.24) is 9.19 Å². The fraction of sp³-hybridized carbons (Fsp3) is 0.200. The molecule has 6 nitrogen and oxygen atoms in total. The molecule has 0 bridgehead atoms. The first-order chi connectivity index (χ1) is 5.56. The van der Waals surface area contributed by atoms with Gasteiger partial charge < -0.3 is 5.73 Å². The fourth-order valence-corrected chi connectivity index (χ4v) is 1.38. The second kappa shape index (κ2) is 2.83. The van der Waals surface area contributed by atoms with Gasteiger partial charge in [-0.3, -0.25) is 0 Å². The Balaban J connectivity index is 3.08. The molecule has 0 unspecified atom stereocenters. The Labute approximate surface area is 69.3 Å². The van der Waals surface area contributed by atoms with Crippen molar-refractivity contribution in [3.8, 4) is 6.07 Å². The minimum absolute atomic E-state index is 0.108. The van der Waals surface area contributed by atoms with Gasteiger partial charge in [-0.2, -0.15) is 9.35 Å². The summed E-state index contributed by atoms with van der Waals surface area (Å²) < 4.78 is 22.8. The van der Waals surface area contributed by atoms with E-state index in [9.17, 15) is 8.42 Å². The number of nitriles is 1. The summed E-state index contributed by atoms with van der Waals surface area (Å²) in [6, 6.07) is 2.87. The Bertz CT molecular complexity index is 413. The molecule has 1 heterocycles. The molecule has 0 amide bonds. The van der Waals surface area contributed by atoms with Gasteiger partial charge in [0.1, 0.15) is 5.82 Å². The summed E-state index contributed by atoms with van der Waals surface area (Å²) in [7, 11) is -3.63. The molecule has 1 aromatic heterocycles. The van der Waals surface area contributed by atoms with Crippen LogP contribution in [0.4, 0.5) is 5.82 Å². The highest BCUT2D eigenvalue weighted by atomic mass is 32.2. The molecule has 0 radical (unpaired) electrons. The van der Waals surface area contributed by atoms with Crippen molar-refractivity contribution in [3.63, 3.8) is 0 Å². The molecule has 0 aliphatic carbocycles. The van der Waals surface area contributed by atoms with Crippen molar-refractivity contribution >= 4 is 15.8 Å². The van der Waals surface area contributed by atoms with E-state index in [0.29, 0.717) is 4.09 Å². The molecule has 0 fully saturated rings. The average Bonchev–Trinajstić information content (AvgIpc) is 2.36. The number of nitrogens with two attached hydrogens (primary N) is 1. The number of anilines is 1. The summed E-state index contributed by atoms with van der Waals surface area (Å²) in [6.07, 6.45) is 1.20. The summed E-state index contributed by atoms with van der Waals surface area (Å²) >= 11 is 0. The molecular weight excluding hydrogens is 180 g/mol. The molecule has 0 spiro atoms. The van der Waals surface area contributed by atoms with Gasteiger partial charge in [0.25, 0.3) is 10.0 Å². The number of aromatic nitrogens is 2. The van der Waals surface area contributed by atoms with Crippen LogP contribution in [0.3, 0.4) is 0 Å². The van der Waals surface area contributed by atoms with Crippen LogP contribution in [0.25, 0.3) is 0 Å². The van der Waals surface area contributed by atoms with Gasteiger partial charge in [0.2, 0.25) is 0 Å². The maximum Gasteiger partial charge on any atom is 0.267 e. The van der Waals surface area contributed by atoms with Crippen molar-refractivity contribution in [2.45, 2.75) is 0 Å². The Morgan fingerprint density at radius 3 is 2.83 bits per heavy atom. The highest BCUT2D eigenvalue weighted by Crippen LogP contribution is 2.00. The van der Waals surface area contributed by atoms with Crippen LogP contribution in [0.2, 0.25) is 0 Å². The third-order valence-corrected chi connectivity index (χ3v) is 2.39. The van der Waals surface area contributed by atoms with Gasteiger partial charge in [0.05, 0.1) is 6.07 Å². The monoisotopic (exact) mass is 186 g/mol. The number of hydrogen-bond acceptors (Lipinski definition) is 5. The summed E-state index contributed by atoms with van der Waals surface area (Å²) in [5.74, 6) is -0.495. The van der Waals surface area contributed by atoms with Crippen molar-refractivity contribution in [1.29, 1.82) is 5.26 Å². The maximum atomic E-state index is 11.1. The quantitative estimate of drug-likeness (QED) is 0.649. The predicted octanol–water partition coefficient (Wildman–Crippen LogP) is -0.833. The normalized spacial score (nSPS) is 10.9. The van der Waals surface area contributed by atoms with Crippen LogP contribution in [0.5, 0.6) is 0 Å². The Hall–Kier alpha value is -1.55. The Kier molecular flexibility index (Phi) is 2.01. The minimum Gasteiger partial charge on any atom is -0.382 e. The van der Waals surface area contributed by atoms with Crippen molar-refractivity contribution in [3.05, 3.63) is 12.3 Å². The molecule has 0 aliphatic heterocycles. The highest BCUT2D eigenvalue weighted by molar-refractivity contribution is 7.90. The number of nitrogen functional groups attached to an aromatic ring is 1. The lowest BCUT2D eigenvalue weighted by Gasteiger charge is -1.96. The van der Waals surface area contributed by atoms with Crippen LogP contribution in [0.1, 0.15) is 0 Å². The zero-order chi connectivity index (χ0) is 9.19. The van der Waals surface area contributed by atoms with E-state index in [1.807, 2.05) is 0 Å². The van der Waals surface area contributed by atoms with Gasteiger partial charge in [-0.25, -0.2) is 8.42 Å². The molecule has 0 saturated heterocycles. The minimum atomic E-state index is -3.63. The van der Waals surface area contributed by atoms with E-state index in [1.54, 1.807) is 0 Å². The summed E-state index contributed by atoms with van der Waals surface area (Å²) in [4.78, 5) is 0. The molecule has 0 atom stereocenters. The third-order valence-electron chi connectivity index (χ3n) is 1.12. The van der Waals surface area contributed by atoms with Crippen LogP contribution >= 0.6 is 0 Å². The van der Waals surface area contributed by atoms with Crippen molar-refractivity contribution in [2.75, 3.05) is 11.5 Å². The van der Waals surface area contributed by atoms with E-state index in [4.69, 9.17) is 11.0 Å². The maximum absolute atomic E-state index is 11.1. The van der Waals surface area contributed by atoms with Gasteiger partial charge in [0.15, 0.2) is 5.75 Å². The first kappa shape index (κ1) is 8.55. The SMILES string of the molecule is N#CCS(=O)(=O)n1ccc(N)n1. The van der Waals surface area contributed by atoms with Crippen molar-refractivity contribution < 1.29 is 8.42 Å².